The van der Waals surface area contributed by atoms with Crippen molar-refractivity contribution in [2.45, 2.75) is 6.92 Å². The zero-order chi connectivity index (χ0) is 8.20. The maximum atomic E-state index is 10.3. The van der Waals surface area contributed by atoms with Gasteiger partial charge in [0.05, 0.1) is 6.61 Å². The van der Waals surface area contributed by atoms with Gasteiger partial charge in [0.1, 0.15) is 15.9 Å². The Labute approximate surface area is 87.2 Å². The normalized spacial score (nSPS) is 10.0. The minimum absolute atomic E-state index is 0. The van der Waals surface area contributed by atoms with E-state index in [0.717, 1.165) is 0 Å². The van der Waals surface area contributed by atoms with Crippen LogP contribution in [-0.4, -0.2) is 31.3 Å². The molecule has 0 radical (unpaired) electrons. The average molecular weight is 190 g/mol. The molecule has 0 bridgehead atoms. The second-order valence-electron chi connectivity index (χ2n) is 1.51. The van der Waals surface area contributed by atoms with Gasteiger partial charge >= 0.3 is 35.5 Å². The summed E-state index contributed by atoms with van der Waals surface area (Å²) in [7, 11) is -4.47. The Morgan fingerprint density at radius 1 is 1.55 bits per heavy atom. The third-order valence-corrected chi connectivity index (χ3v) is 1.19. The van der Waals surface area contributed by atoms with Crippen molar-refractivity contribution in [1.82, 2.24) is 0 Å². The molecule has 11 heavy (non-hydrogen) atoms. The summed E-state index contributed by atoms with van der Waals surface area (Å²) in [6.45, 7) is 1.60. The molecular formula is C4H7NaO5S. The van der Waals surface area contributed by atoms with Crippen molar-refractivity contribution in [2.75, 3.05) is 12.4 Å². The summed E-state index contributed by atoms with van der Waals surface area (Å²) >= 11 is 0. The molecule has 0 heterocycles. The van der Waals surface area contributed by atoms with Gasteiger partial charge in [0.15, 0.2) is 0 Å². The van der Waals surface area contributed by atoms with Crippen LogP contribution in [0.4, 0.5) is 0 Å². The quantitative estimate of drug-likeness (QED) is 0.258. The fourth-order valence-corrected chi connectivity index (χ4v) is 0.719. The Kier molecular flexibility index (Phi) is 7.55. The maximum Gasteiger partial charge on any atom is 1.00 e. The van der Waals surface area contributed by atoms with Crippen LogP contribution in [0.15, 0.2) is 0 Å². The number of carbonyl (C=O) groups excluding carboxylic acids is 1. The Hall–Kier alpha value is 0.380. The van der Waals surface area contributed by atoms with E-state index in [1.165, 1.54) is 6.92 Å². The van der Waals surface area contributed by atoms with Crippen LogP contribution in [0.3, 0.4) is 0 Å². The minimum Gasteiger partial charge on any atom is -0.748 e. The van der Waals surface area contributed by atoms with Crippen LogP contribution >= 0.6 is 0 Å². The molecule has 0 fully saturated rings. The summed E-state index contributed by atoms with van der Waals surface area (Å²) in [5.74, 6) is -2.08. The molecule has 0 aromatic carbocycles. The van der Waals surface area contributed by atoms with Crippen LogP contribution < -0.4 is 29.6 Å². The van der Waals surface area contributed by atoms with Gasteiger partial charge in [0.25, 0.3) is 0 Å². The number of hydrogen-bond donors (Lipinski definition) is 0. The van der Waals surface area contributed by atoms with E-state index in [1.807, 2.05) is 0 Å². The third-order valence-electron chi connectivity index (χ3n) is 0.600. The summed E-state index contributed by atoms with van der Waals surface area (Å²) in [5.41, 5.74) is 0. The minimum atomic E-state index is -4.47. The topological polar surface area (TPSA) is 83.5 Å². The van der Waals surface area contributed by atoms with Crippen LogP contribution in [0, 0.1) is 0 Å². The first-order valence-corrected chi connectivity index (χ1v) is 4.12. The number of esters is 1. The Bertz CT molecular complexity index is 209. The van der Waals surface area contributed by atoms with Gasteiger partial charge in [-0.3, -0.25) is 4.79 Å². The molecule has 60 valence electrons. The first-order chi connectivity index (χ1) is 4.45. The van der Waals surface area contributed by atoms with E-state index in [9.17, 15) is 17.8 Å². The van der Waals surface area contributed by atoms with Crippen molar-refractivity contribution in [3.63, 3.8) is 0 Å². The third kappa shape index (κ3) is 10.4. The SMILES string of the molecule is CCOC(=O)CS(=O)(=O)[O-].[Na+]. The molecule has 0 N–H and O–H groups in total. The molecular weight excluding hydrogens is 183 g/mol. The first kappa shape index (κ1) is 13.9. The zero-order valence-electron chi connectivity index (χ0n) is 6.36. The van der Waals surface area contributed by atoms with E-state index in [4.69, 9.17) is 0 Å². The summed E-state index contributed by atoms with van der Waals surface area (Å²) in [4.78, 5) is 10.3. The molecule has 0 spiro atoms. The molecule has 5 nitrogen and oxygen atoms in total. The summed E-state index contributed by atoms with van der Waals surface area (Å²) in [6.07, 6.45) is 0. The van der Waals surface area contributed by atoms with Crippen molar-refractivity contribution in [2.24, 2.45) is 0 Å². The molecule has 0 atom stereocenters. The van der Waals surface area contributed by atoms with Crippen molar-refractivity contribution >= 4 is 16.1 Å². The molecule has 0 saturated heterocycles. The summed E-state index contributed by atoms with van der Waals surface area (Å²) < 4.78 is 33.8. The monoisotopic (exact) mass is 190 g/mol. The van der Waals surface area contributed by atoms with Crippen molar-refractivity contribution in [3.05, 3.63) is 0 Å². The van der Waals surface area contributed by atoms with Crippen LogP contribution in [0.1, 0.15) is 6.92 Å². The standard InChI is InChI=1S/C4H8O5S.Na/c1-2-9-4(5)3-10(6,7)8;/h2-3H2,1H3,(H,6,7,8);/q;+1/p-1. The number of ether oxygens (including phenoxy) is 1. The predicted molar refractivity (Wildman–Crippen MR) is 31.2 cm³/mol. The van der Waals surface area contributed by atoms with E-state index in [-0.39, 0.29) is 36.2 Å². The molecule has 0 unspecified atom stereocenters. The number of rotatable bonds is 3. The Morgan fingerprint density at radius 3 is 2.27 bits per heavy atom. The van der Waals surface area contributed by atoms with Crippen molar-refractivity contribution < 1.29 is 52.1 Å². The predicted octanol–water partition coefficient (Wildman–Crippen LogP) is -3.90. The average Bonchev–Trinajstić information content (AvgIpc) is 1.59. The molecule has 0 aliphatic carbocycles. The van der Waals surface area contributed by atoms with E-state index in [0.29, 0.717) is 0 Å². The van der Waals surface area contributed by atoms with Crippen LogP contribution in [0.2, 0.25) is 0 Å². The van der Waals surface area contributed by atoms with Gasteiger partial charge in [-0.1, -0.05) is 0 Å². The maximum absolute atomic E-state index is 10.3. The van der Waals surface area contributed by atoms with Crippen LogP contribution in [0.5, 0.6) is 0 Å². The van der Waals surface area contributed by atoms with Gasteiger partial charge in [-0.25, -0.2) is 8.42 Å². The number of hydrogen-bond acceptors (Lipinski definition) is 5. The van der Waals surface area contributed by atoms with Gasteiger partial charge in [-0.2, -0.15) is 0 Å². The largest absolute Gasteiger partial charge is 1.00 e. The zero-order valence-corrected chi connectivity index (χ0v) is 9.18. The first-order valence-electron chi connectivity index (χ1n) is 2.55. The summed E-state index contributed by atoms with van der Waals surface area (Å²) in [6, 6.07) is 0. The second-order valence-corrected chi connectivity index (χ2v) is 2.91. The van der Waals surface area contributed by atoms with Crippen LogP contribution in [-0.2, 0) is 19.6 Å². The van der Waals surface area contributed by atoms with Gasteiger partial charge < -0.3 is 9.29 Å². The van der Waals surface area contributed by atoms with E-state index in [1.54, 1.807) is 0 Å². The Morgan fingerprint density at radius 2 is 2.00 bits per heavy atom. The molecule has 0 rings (SSSR count). The van der Waals surface area contributed by atoms with Crippen molar-refractivity contribution in [1.29, 1.82) is 0 Å². The van der Waals surface area contributed by atoms with Gasteiger partial charge in [0.2, 0.25) is 0 Å². The molecule has 0 amide bonds. The Balaban J connectivity index is 0. The fraction of sp³-hybridized carbons (Fsp3) is 0.750. The van der Waals surface area contributed by atoms with Crippen LogP contribution in [0.25, 0.3) is 0 Å². The van der Waals surface area contributed by atoms with Crippen molar-refractivity contribution in [3.8, 4) is 0 Å². The summed E-state index contributed by atoms with van der Waals surface area (Å²) in [5, 5.41) is 0. The van der Waals surface area contributed by atoms with Gasteiger partial charge in [-0.05, 0) is 6.92 Å². The molecule has 0 aliphatic heterocycles. The van der Waals surface area contributed by atoms with E-state index in [2.05, 4.69) is 4.74 Å². The molecule has 7 heteroatoms. The second kappa shape index (κ2) is 5.96. The molecule has 0 aromatic rings. The van der Waals surface area contributed by atoms with E-state index < -0.39 is 21.8 Å². The fourth-order valence-electron chi connectivity index (χ4n) is 0.347. The smallest absolute Gasteiger partial charge is 0.748 e. The van der Waals surface area contributed by atoms with Gasteiger partial charge in [0, 0.05) is 0 Å². The molecule has 0 aliphatic rings. The number of carbonyl (C=O) groups is 1. The van der Waals surface area contributed by atoms with Gasteiger partial charge in [-0.15, -0.1) is 0 Å². The molecule has 0 aromatic heterocycles. The molecule has 0 saturated carbocycles. The van der Waals surface area contributed by atoms with E-state index >= 15 is 0 Å².